The summed E-state index contributed by atoms with van der Waals surface area (Å²) in [4.78, 5) is 12.2. The van der Waals surface area contributed by atoms with Gasteiger partial charge in [0.1, 0.15) is 5.60 Å². The quantitative estimate of drug-likeness (QED) is 0.434. The highest BCUT2D eigenvalue weighted by molar-refractivity contribution is 5.93. The molecule has 5 aliphatic rings. The third-order valence-corrected chi connectivity index (χ3v) is 10.1. The Morgan fingerprint density at radius 1 is 0.972 bits per heavy atom. The molecule has 0 radical (unpaired) electrons. The van der Waals surface area contributed by atoms with Gasteiger partial charge in [0.2, 0.25) is 0 Å². The molecule has 0 spiro atoms. The zero-order valence-corrected chi connectivity index (χ0v) is 20.3. The molecular weight excluding hydrogens is 475 g/mol. The number of fused-ring (bicyclic) bond motifs is 4. The summed E-state index contributed by atoms with van der Waals surface area (Å²) in [5.41, 5.74) is 0.557. The summed E-state index contributed by atoms with van der Waals surface area (Å²) >= 11 is 0. The summed E-state index contributed by atoms with van der Waals surface area (Å²) in [5, 5.41) is 11.3. The average Bonchev–Trinajstić information content (AvgIpc) is 3.63. The number of aliphatic hydroxyl groups is 1. The zero-order chi connectivity index (χ0) is 25.7. The van der Waals surface area contributed by atoms with Crippen LogP contribution in [0.5, 0.6) is 0 Å². The predicted octanol–water partition coefficient (Wildman–Crippen LogP) is 7.39. The van der Waals surface area contributed by atoms with Gasteiger partial charge in [0.05, 0.1) is 0 Å². The maximum Gasteiger partial charge on any atom is 0.456 e. The van der Waals surface area contributed by atoms with Gasteiger partial charge in [-0.15, -0.1) is 0 Å². The van der Waals surface area contributed by atoms with Crippen molar-refractivity contribution in [1.29, 1.82) is 0 Å². The van der Waals surface area contributed by atoms with Gasteiger partial charge in [-0.05, 0) is 97.5 Å². The lowest BCUT2D eigenvalue weighted by Crippen LogP contribution is -2.65. The number of halogens is 5. The van der Waals surface area contributed by atoms with Crippen LogP contribution in [0.3, 0.4) is 0 Å². The highest BCUT2D eigenvalue weighted by Crippen LogP contribution is 2.70. The van der Waals surface area contributed by atoms with E-state index in [2.05, 4.69) is 12.1 Å². The van der Waals surface area contributed by atoms with E-state index in [0.29, 0.717) is 31.6 Å². The molecule has 3 fully saturated rings. The second-order valence-electron chi connectivity index (χ2n) is 11.9. The Morgan fingerprint density at radius 3 is 2.39 bits per heavy atom. The fraction of sp³-hybridized carbons (Fsp3) is 0.621. The number of rotatable bonds is 3. The first-order valence-corrected chi connectivity index (χ1v) is 13.1. The number of benzene rings is 1. The summed E-state index contributed by atoms with van der Waals surface area (Å²) in [5.74, 6) is -5.67. The van der Waals surface area contributed by atoms with Crippen molar-refractivity contribution in [3.63, 3.8) is 0 Å². The first-order chi connectivity index (χ1) is 16.9. The number of hydrogen-bond acceptors (Lipinski definition) is 2. The van der Waals surface area contributed by atoms with Crippen LogP contribution in [0.2, 0.25) is 0 Å². The van der Waals surface area contributed by atoms with Crippen molar-refractivity contribution >= 4 is 5.78 Å². The third-order valence-electron chi connectivity index (χ3n) is 10.1. The van der Waals surface area contributed by atoms with Gasteiger partial charge in [-0.1, -0.05) is 36.8 Å². The summed E-state index contributed by atoms with van der Waals surface area (Å²) in [7, 11) is 0. The maximum atomic E-state index is 15.0. The Kier molecular flexibility index (Phi) is 5.24. The van der Waals surface area contributed by atoms with Crippen molar-refractivity contribution in [2.75, 3.05) is 0 Å². The van der Waals surface area contributed by atoms with Crippen molar-refractivity contribution < 1.29 is 31.9 Å². The maximum absolute atomic E-state index is 15.0. The number of hydrogen-bond donors (Lipinski definition) is 1. The van der Waals surface area contributed by atoms with Crippen LogP contribution in [0, 0.1) is 17.3 Å². The highest BCUT2D eigenvalue weighted by Gasteiger charge is 2.79. The number of ketones is 1. The van der Waals surface area contributed by atoms with Gasteiger partial charge in [0.25, 0.3) is 0 Å². The van der Waals surface area contributed by atoms with Crippen LogP contribution in [0.4, 0.5) is 22.0 Å². The molecule has 194 valence electrons. The Hall–Kier alpha value is -2.02. The number of alkyl halides is 5. The van der Waals surface area contributed by atoms with Crippen LogP contribution in [-0.2, 0) is 4.79 Å². The molecule has 0 unspecified atom stereocenters. The number of carbonyl (C=O) groups is 1. The molecule has 0 heterocycles. The molecule has 0 aliphatic heterocycles. The van der Waals surface area contributed by atoms with E-state index in [0.717, 1.165) is 35.1 Å². The fourth-order valence-corrected chi connectivity index (χ4v) is 8.16. The van der Waals surface area contributed by atoms with E-state index >= 15 is 8.78 Å². The number of allylic oxidation sites excluding steroid dienone is 4. The molecule has 2 nitrogen and oxygen atoms in total. The monoisotopic (exact) mass is 506 g/mol. The standard InChI is InChI=1S/C29H31F5O2/c1-26-15-23(18-4-2-3-17(13-18)16-5-6-16)25-21-10-8-20(35)14-19(21)7-9-22(25)24(26)11-12-27(26,36)28(30,31)29(32,33)34/h2-4,13-14,16,22-24,36H,5-12,15H2,1H3/t22-,23+,24-,26-,27-/m0/s1. The minimum Gasteiger partial charge on any atom is -0.383 e. The first kappa shape index (κ1) is 24.3. The summed E-state index contributed by atoms with van der Waals surface area (Å²) in [6.07, 6.45) is -0.150. The second kappa shape index (κ2) is 7.75. The normalized spacial score (nSPS) is 36.8. The fourth-order valence-electron chi connectivity index (χ4n) is 8.16. The van der Waals surface area contributed by atoms with E-state index in [4.69, 9.17) is 0 Å². The lowest BCUT2D eigenvalue weighted by molar-refractivity contribution is -0.362. The molecule has 0 amide bonds. The van der Waals surface area contributed by atoms with Crippen molar-refractivity contribution in [3.05, 3.63) is 58.2 Å². The molecule has 0 aromatic heterocycles. The average molecular weight is 507 g/mol. The molecular formula is C29H31F5O2. The van der Waals surface area contributed by atoms with E-state index in [1.165, 1.54) is 12.5 Å². The van der Waals surface area contributed by atoms with Crippen LogP contribution < -0.4 is 0 Å². The molecule has 7 heteroatoms. The lowest BCUT2D eigenvalue weighted by Gasteiger charge is -2.56. The second-order valence-corrected chi connectivity index (χ2v) is 11.9. The van der Waals surface area contributed by atoms with Crippen LogP contribution in [-0.4, -0.2) is 28.6 Å². The molecule has 1 aromatic carbocycles. The Bertz CT molecular complexity index is 1180. The van der Waals surface area contributed by atoms with E-state index in [1.54, 1.807) is 6.08 Å². The van der Waals surface area contributed by atoms with E-state index in [9.17, 15) is 23.1 Å². The van der Waals surface area contributed by atoms with Crippen LogP contribution >= 0.6 is 0 Å². The van der Waals surface area contributed by atoms with Crippen LogP contribution in [0.1, 0.15) is 87.7 Å². The van der Waals surface area contributed by atoms with Gasteiger partial charge in [0.15, 0.2) is 5.78 Å². The Labute approximate surface area is 207 Å². The molecule has 0 saturated heterocycles. The molecule has 0 bridgehead atoms. The molecule has 3 saturated carbocycles. The molecule has 1 N–H and O–H groups in total. The summed E-state index contributed by atoms with van der Waals surface area (Å²) < 4.78 is 71.1. The number of carbonyl (C=O) groups excluding carboxylic acids is 1. The molecule has 5 atom stereocenters. The van der Waals surface area contributed by atoms with Gasteiger partial charge >= 0.3 is 12.1 Å². The van der Waals surface area contributed by atoms with Crippen LogP contribution in [0.15, 0.2) is 47.1 Å². The van der Waals surface area contributed by atoms with Gasteiger partial charge in [0, 0.05) is 17.8 Å². The zero-order valence-electron chi connectivity index (χ0n) is 20.3. The van der Waals surface area contributed by atoms with Gasteiger partial charge in [-0.3, -0.25) is 4.79 Å². The summed E-state index contributed by atoms with van der Waals surface area (Å²) in [6, 6.07) is 8.05. The lowest BCUT2D eigenvalue weighted by atomic mass is 9.50. The Morgan fingerprint density at radius 2 is 1.69 bits per heavy atom. The van der Waals surface area contributed by atoms with Crippen LogP contribution in [0.25, 0.3) is 0 Å². The van der Waals surface area contributed by atoms with Crippen molar-refractivity contribution in [2.24, 2.45) is 17.3 Å². The highest BCUT2D eigenvalue weighted by atomic mass is 19.4. The minimum absolute atomic E-state index is 0.0323. The molecule has 6 rings (SSSR count). The van der Waals surface area contributed by atoms with E-state index in [-0.39, 0.29) is 30.5 Å². The van der Waals surface area contributed by atoms with Crippen molar-refractivity contribution in [3.8, 4) is 0 Å². The topological polar surface area (TPSA) is 37.3 Å². The largest absolute Gasteiger partial charge is 0.456 e. The predicted molar refractivity (Wildman–Crippen MR) is 125 cm³/mol. The van der Waals surface area contributed by atoms with Gasteiger partial charge in [-0.2, -0.15) is 22.0 Å². The summed E-state index contributed by atoms with van der Waals surface area (Å²) in [6.45, 7) is 1.47. The SMILES string of the molecule is C[C@]12C[C@H](c3cccc(C4CC4)c3)C3=C4CCC(=O)C=C4CC[C@H]3[C@@H]1CC[C@@]2(O)C(F)(F)C(F)(F)F. The van der Waals surface area contributed by atoms with E-state index in [1.807, 2.05) is 12.1 Å². The molecule has 5 aliphatic carbocycles. The van der Waals surface area contributed by atoms with Gasteiger partial charge in [-0.25, -0.2) is 0 Å². The minimum atomic E-state index is -5.83. The smallest absolute Gasteiger partial charge is 0.383 e. The Balaban J connectivity index is 1.52. The van der Waals surface area contributed by atoms with Gasteiger partial charge < -0.3 is 5.11 Å². The molecule has 36 heavy (non-hydrogen) atoms. The first-order valence-electron chi connectivity index (χ1n) is 13.1. The molecule has 1 aromatic rings. The van der Waals surface area contributed by atoms with Crippen molar-refractivity contribution in [2.45, 2.75) is 94.2 Å². The van der Waals surface area contributed by atoms with E-state index < -0.39 is 35.5 Å². The third kappa shape index (κ3) is 3.26. The van der Waals surface area contributed by atoms with Crippen molar-refractivity contribution in [1.82, 2.24) is 0 Å².